The molecular formula is C21H15ClN4O2. The van der Waals surface area contributed by atoms with Gasteiger partial charge in [-0.1, -0.05) is 29.8 Å². The van der Waals surface area contributed by atoms with E-state index in [0.717, 1.165) is 39.1 Å². The molecule has 4 aromatic rings. The van der Waals surface area contributed by atoms with Gasteiger partial charge in [0.25, 0.3) is 0 Å². The van der Waals surface area contributed by atoms with Crippen LogP contribution in [0.25, 0.3) is 33.8 Å². The lowest BCUT2D eigenvalue weighted by molar-refractivity contribution is 0.205. The summed E-state index contributed by atoms with van der Waals surface area (Å²) in [5, 5.41) is 15.0. The number of aliphatic hydroxyl groups is 1. The predicted molar refractivity (Wildman–Crippen MR) is 108 cm³/mol. The highest BCUT2D eigenvalue weighted by molar-refractivity contribution is 6.32. The minimum absolute atomic E-state index is 0.615. The molecule has 0 amide bonds. The molecule has 1 atom stereocenters. The number of halogens is 1. The fraction of sp³-hybridized carbons (Fsp3) is 0.0476. The number of allylic oxidation sites excluding steroid dienone is 2. The Bertz CT molecular complexity index is 1220. The van der Waals surface area contributed by atoms with Crippen molar-refractivity contribution in [2.45, 2.75) is 6.23 Å². The Morgan fingerprint density at radius 3 is 2.86 bits per heavy atom. The summed E-state index contributed by atoms with van der Waals surface area (Å²) in [6.07, 6.45) is 7.67. The van der Waals surface area contributed by atoms with Crippen molar-refractivity contribution in [3.05, 3.63) is 83.5 Å². The lowest BCUT2D eigenvalue weighted by Gasteiger charge is -2.22. The quantitative estimate of drug-likeness (QED) is 0.487. The molecule has 1 aliphatic heterocycles. The number of rotatable bonds is 3. The van der Waals surface area contributed by atoms with E-state index in [2.05, 4.69) is 20.3 Å². The van der Waals surface area contributed by atoms with Crippen LogP contribution in [0.1, 0.15) is 11.1 Å². The summed E-state index contributed by atoms with van der Waals surface area (Å²) >= 11 is 6.34. The van der Waals surface area contributed by atoms with E-state index in [1.807, 2.05) is 42.5 Å². The van der Waals surface area contributed by atoms with Crippen LogP contribution in [0.3, 0.4) is 0 Å². The van der Waals surface area contributed by atoms with Gasteiger partial charge < -0.3 is 19.8 Å². The third-order valence-electron chi connectivity index (χ3n) is 4.65. The first-order valence-electron chi connectivity index (χ1n) is 8.69. The Kier molecular flexibility index (Phi) is 4.00. The Hall–Kier alpha value is -3.35. The Balaban J connectivity index is 1.64. The molecule has 3 aromatic heterocycles. The van der Waals surface area contributed by atoms with E-state index in [1.165, 1.54) is 6.39 Å². The number of dihydropyridines is 1. The van der Waals surface area contributed by atoms with Crippen molar-refractivity contribution in [2.24, 2.45) is 0 Å². The molecule has 1 unspecified atom stereocenters. The molecule has 1 aliphatic rings. The van der Waals surface area contributed by atoms with Crippen LogP contribution in [0.4, 0.5) is 0 Å². The van der Waals surface area contributed by atoms with Gasteiger partial charge in [-0.25, -0.2) is 9.97 Å². The Morgan fingerprint density at radius 1 is 1.14 bits per heavy atom. The Labute approximate surface area is 165 Å². The van der Waals surface area contributed by atoms with E-state index >= 15 is 0 Å². The Morgan fingerprint density at radius 2 is 2.04 bits per heavy atom. The number of nitrogens with zero attached hydrogens (tertiary/aromatic N) is 2. The van der Waals surface area contributed by atoms with Gasteiger partial charge in [0.05, 0.1) is 11.9 Å². The predicted octanol–water partition coefficient (Wildman–Crippen LogP) is 4.22. The highest BCUT2D eigenvalue weighted by Crippen LogP contribution is 2.33. The highest BCUT2D eigenvalue weighted by Gasteiger charge is 2.18. The van der Waals surface area contributed by atoms with Gasteiger partial charge >= 0.3 is 0 Å². The zero-order chi connectivity index (χ0) is 19.1. The molecule has 3 N–H and O–H groups in total. The third kappa shape index (κ3) is 2.89. The highest BCUT2D eigenvalue weighted by atomic mass is 35.5. The number of aromatic nitrogens is 3. The minimum Gasteiger partial charge on any atom is -0.442 e. The largest absolute Gasteiger partial charge is 0.442 e. The van der Waals surface area contributed by atoms with Gasteiger partial charge in [0.1, 0.15) is 11.9 Å². The van der Waals surface area contributed by atoms with Crippen LogP contribution in [0.2, 0.25) is 5.02 Å². The topological polar surface area (TPSA) is 87.0 Å². The van der Waals surface area contributed by atoms with Gasteiger partial charge in [-0.2, -0.15) is 0 Å². The summed E-state index contributed by atoms with van der Waals surface area (Å²) in [7, 11) is 0. The maximum Gasteiger partial charge on any atom is 0.181 e. The number of hydrogen-bond donors (Lipinski definition) is 3. The summed E-state index contributed by atoms with van der Waals surface area (Å²) < 4.78 is 5.38. The average Bonchev–Trinajstić information content (AvgIpc) is 3.37. The van der Waals surface area contributed by atoms with Gasteiger partial charge in [0, 0.05) is 27.9 Å². The lowest BCUT2D eigenvalue weighted by atomic mass is 9.97. The van der Waals surface area contributed by atoms with E-state index in [0.29, 0.717) is 10.8 Å². The van der Waals surface area contributed by atoms with Crippen molar-refractivity contribution in [2.75, 3.05) is 0 Å². The number of fused-ring (bicyclic) bond motifs is 1. The summed E-state index contributed by atoms with van der Waals surface area (Å²) in [6.45, 7) is 0. The fourth-order valence-corrected chi connectivity index (χ4v) is 3.62. The molecule has 0 spiro atoms. The van der Waals surface area contributed by atoms with Crippen LogP contribution < -0.4 is 5.32 Å². The standard InChI is InChI=1S/C21H15ClN4O2/c22-16-4-2-1-3-14(16)17-7-12(8-20(27)25-17)13-5-6-24-21-15(13)9-18(26-21)19-10-23-11-28-19/h1-11,20,25,27H,(H,24,26). The number of hydrogen-bond acceptors (Lipinski definition) is 5. The van der Waals surface area contributed by atoms with E-state index in [4.69, 9.17) is 16.0 Å². The van der Waals surface area contributed by atoms with Crippen molar-refractivity contribution in [3.63, 3.8) is 0 Å². The van der Waals surface area contributed by atoms with E-state index in [9.17, 15) is 5.11 Å². The molecular weight excluding hydrogens is 376 g/mol. The zero-order valence-corrected chi connectivity index (χ0v) is 15.3. The second-order valence-electron chi connectivity index (χ2n) is 6.42. The second-order valence-corrected chi connectivity index (χ2v) is 6.83. The number of oxazole rings is 1. The molecule has 6 nitrogen and oxygen atoms in total. The molecule has 0 bridgehead atoms. The van der Waals surface area contributed by atoms with E-state index in [1.54, 1.807) is 18.5 Å². The number of pyridine rings is 1. The maximum absolute atomic E-state index is 10.4. The number of aliphatic hydroxyl groups excluding tert-OH is 1. The summed E-state index contributed by atoms with van der Waals surface area (Å²) in [5.74, 6) is 0.635. The van der Waals surface area contributed by atoms with Crippen LogP contribution in [-0.4, -0.2) is 26.3 Å². The third-order valence-corrected chi connectivity index (χ3v) is 4.97. The van der Waals surface area contributed by atoms with Crippen molar-refractivity contribution in [3.8, 4) is 11.5 Å². The summed E-state index contributed by atoms with van der Waals surface area (Å²) in [5.41, 5.74) is 4.92. The molecule has 1 aromatic carbocycles. The molecule has 4 heterocycles. The van der Waals surface area contributed by atoms with Crippen LogP contribution in [-0.2, 0) is 0 Å². The normalized spacial score (nSPS) is 16.6. The molecule has 7 heteroatoms. The molecule has 0 saturated carbocycles. The molecule has 0 fully saturated rings. The van der Waals surface area contributed by atoms with Crippen LogP contribution >= 0.6 is 11.6 Å². The fourth-order valence-electron chi connectivity index (χ4n) is 3.38. The van der Waals surface area contributed by atoms with Crippen molar-refractivity contribution in [1.29, 1.82) is 0 Å². The number of H-pyrrole nitrogens is 1. The molecule has 0 radical (unpaired) electrons. The minimum atomic E-state index is -0.831. The first-order valence-corrected chi connectivity index (χ1v) is 9.07. The molecule has 5 rings (SSSR count). The van der Waals surface area contributed by atoms with Gasteiger partial charge in [-0.15, -0.1) is 0 Å². The SMILES string of the molecule is OC1C=C(c2ccnc3[nH]c(-c4cnco4)cc23)C=C(c2ccccc2Cl)N1. The van der Waals surface area contributed by atoms with E-state index in [-0.39, 0.29) is 0 Å². The van der Waals surface area contributed by atoms with Gasteiger partial charge in [0.15, 0.2) is 12.2 Å². The van der Waals surface area contributed by atoms with Gasteiger partial charge in [0.2, 0.25) is 0 Å². The molecule has 28 heavy (non-hydrogen) atoms. The average molecular weight is 391 g/mol. The van der Waals surface area contributed by atoms with Gasteiger partial charge in [-0.05, 0) is 41.5 Å². The second kappa shape index (κ2) is 6.67. The summed E-state index contributed by atoms with van der Waals surface area (Å²) in [6, 6.07) is 11.4. The number of benzene rings is 1. The number of aromatic amines is 1. The van der Waals surface area contributed by atoms with Crippen molar-refractivity contribution in [1.82, 2.24) is 20.3 Å². The lowest BCUT2D eigenvalue weighted by Crippen LogP contribution is -2.28. The van der Waals surface area contributed by atoms with Crippen LogP contribution in [0, 0.1) is 0 Å². The first-order chi connectivity index (χ1) is 13.7. The smallest absolute Gasteiger partial charge is 0.181 e. The van der Waals surface area contributed by atoms with E-state index < -0.39 is 6.23 Å². The molecule has 138 valence electrons. The van der Waals surface area contributed by atoms with Crippen LogP contribution in [0.15, 0.2) is 71.8 Å². The summed E-state index contributed by atoms with van der Waals surface area (Å²) in [4.78, 5) is 11.6. The van der Waals surface area contributed by atoms with Gasteiger partial charge in [-0.3, -0.25) is 0 Å². The molecule has 0 saturated heterocycles. The zero-order valence-electron chi connectivity index (χ0n) is 14.6. The van der Waals surface area contributed by atoms with Crippen LogP contribution in [0.5, 0.6) is 0 Å². The maximum atomic E-state index is 10.4. The van der Waals surface area contributed by atoms with Crippen molar-refractivity contribution < 1.29 is 9.52 Å². The number of nitrogens with one attached hydrogen (secondary N) is 2. The first kappa shape index (κ1) is 16.8. The van der Waals surface area contributed by atoms with Crippen molar-refractivity contribution >= 4 is 33.9 Å². The molecule has 0 aliphatic carbocycles. The monoisotopic (exact) mass is 390 g/mol.